The molecule has 1 atom stereocenters. The van der Waals surface area contributed by atoms with Crippen LogP contribution in [0.5, 0.6) is 11.5 Å². The van der Waals surface area contributed by atoms with Crippen LogP contribution in [0.4, 0.5) is 26.3 Å². The number of aromatic nitrogens is 2. The van der Waals surface area contributed by atoms with Crippen LogP contribution in [0.15, 0.2) is 42.6 Å². The van der Waals surface area contributed by atoms with E-state index in [1.807, 2.05) is 0 Å². The van der Waals surface area contributed by atoms with Crippen molar-refractivity contribution in [3.8, 4) is 11.5 Å². The van der Waals surface area contributed by atoms with Crippen molar-refractivity contribution >= 4 is 16.8 Å². The summed E-state index contributed by atoms with van der Waals surface area (Å²) >= 11 is 0. The molecule has 0 saturated heterocycles. The lowest BCUT2D eigenvalue weighted by molar-refractivity contribution is -0.274. The van der Waals surface area contributed by atoms with Crippen molar-refractivity contribution in [2.75, 3.05) is 6.61 Å². The first kappa shape index (κ1) is 22.2. The fraction of sp³-hybridized carbons (Fsp3) is 0.263. The van der Waals surface area contributed by atoms with Crippen LogP contribution in [-0.4, -0.2) is 35.0 Å². The van der Waals surface area contributed by atoms with Crippen molar-refractivity contribution < 1.29 is 40.6 Å². The van der Waals surface area contributed by atoms with Gasteiger partial charge in [-0.3, -0.25) is 9.78 Å². The molecule has 0 aliphatic heterocycles. The lowest BCUT2D eigenvalue weighted by Gasteiger charge is -2.14. The van der Waals surface area contributed by atoms with Crippen LogP contribution in [0.1, 0.15) is 29.1 Å². The number of nitrogens with one attached hydrogen (secondary N) is 2. The Balaban J connectivity index is 1.65. The summed E-state index contributed by atoms with van der Waals surface area (Å²) in [6.45, 7) is 0.158. The number of benzene rings is 1. The lowest BCUT2D eigenvalue weighted by atomic mass is 10.2. The number of nitrogens with zero attached hydrogens (tertiary/aromatic N) is 1. The summed E-state index contributed by atoms with van der Waals surface area (Å²) in [5.74, 6) is -1.05. The highest BCUT2D eigenvalue weighted by atomic mass is 19.4. The standard InChI is InChI=1S/C19H15F6N3O3/c1-10(14-4-3-13(8-26-14)30-9-18(20,21)22)27-17(29)16-7-11-6-12(31-19(23,24)25)2-5-15(11)28-16/h2-8,10,28H,9H2,1H3,(H,27,29). The van der Waals surface area contributed by atoms with Crippen LogP contribution < -0.4 is 14.8 Å². The van der Waals surface area contributed by atoms with E-state index in [0.717, 1.165) is 18.3 Å². The fourth-order valence-electron chi connectivity index (χ4n) is 2.68. The zero-order valence-corrected chi connectivity index (χ0v) is 15.8. The molecule has 0 fully saturated rings. The topological polar surface area (TPSA) is 76.2 Å². The lowest BCUT2D eigenvalue weighted by Crippen LogP contribution is -2.27. The van der Waals surface area contributed by atoms with Crippen molar-refractivity contribution in [3.05, 3.63) is 54.0 Å². The third kappa shape index (κ3) is 6.27. The van der Waals surface area contributed by atoms with Crippen molar-refractivity contribution in [1.82, 2.24) is 15.3 Å². The Labute approximate surface area is 171 Å². The zero-order chi connectivity index (χ0) is 22.8. The maximum atomic E-state index is 12.5. The fourth-order valence-corrected chi connectivity index (χ4v) is 2.68. The number of H-pyrrole nitrogens is 1. The number of rotatable bonds is 6. The zero-order valence-electron chi connectivity index (χ0n) is 15.8. The highest BCUT2D eigenvalue weighted by Gasteiger charge is 2.31. The first-order valence-electron chi connectivity index (χ1n) is 8.74. The molecule has 31 heavy (non-hydrogen) atoms. The SMILES string of the molecule is CC(NC(=O)c1cc2cc(OC(F)(F)F)ccc2[nH]1)c1ccc(OCC(F)(F)F)cn1. The van der Waals surface area contributed by atoms with Gasteiger partial charge in [-0.15, -0.1) is 13.2 Å². The second-order valence-electron chi connectivity index (χ2n) is 6.50. The molecule has 1 unspecified atom stereocenters. The number of aromatic amines is 1. The number of amides is 1. The molecule has 12 heteroatoms. The first-order chi connectivity index (χ1) is 14.4. The number of alkyl halides is 6. The van der Waals surface area contributed by atoms with Crippen molar-refractivity contribution in [2.45, 2.75) is 25.5 Å². The summed E-state index contributed by atoms with van der Waals surface area (Å²) in [5, 5.41) is 2.97. The van der Waals surface area contributed by atoms with Crippen molar-refractivity contribution in [1.29, 1.82) is 0 Å². The molecule has 0 aliphatic rings. The Bertz CT molecular complexity index is 1060. The van der Waals surface area contributed by atoms with E-state index in [2.05, 4.69) is 24.8 Å². The van der Waals surface area contributed by atoms with Gasteiger partial charge in [0.05, 0.1) is 17.9 Å². The smallest absolute Gasteiger partial charge is 0.483 e. The second kappa shape index (κ2) is 8.36. The number of carbonyl (C=O) groups is 1. The number of halogens is 6. The van der Waals surface area contributed by atoms with Gasteiger partial charge < -0.3 is 19.8 Å². The van der Waals surface area contributed by atoms with Gasteiger partial charge in [-0.1, -0.05) is 0 Å². The molecule has 1 aromatic carbocycles. The van der Waals surface area contributed by atoms with Crippen LogP contribution in [0.25, 0.3) is 10.9 Å². The predicted octanol–water partition coefficient (Wildman–Crippen LogP) is 4.89. The highest BCUT2D eigenvalue weighted by Crippen LogP contribution is 2.27. The maximum Gasteiger partial charge on any atom is 0.573 e. The number of carbonyl (C=O) groups excluding carboxylic acids is 1. The number of hydrogen-bond donors (Lipinski definition) is 2. The van der Waals surface area contributed by atoms with Gasteiger partial charge in [0.25, 0.3) is 5.91 Å². The largest absolute Gasteiger partial charge is 0.573 e. The number of fused-ring (bicyclic) bond motifs is 1. The molecule has 2 N–H and O–H groups in total. The molecule has 0 spiro atoms. The summed E-state index contributed by atoms with van der Waals surface area (Å²) in [5.41, 5.74) is 0.887. The minimum absolute atomic E-state index is 0.0768. The Morgan fingerprint density at radius 3 is 2.42 bits per heavy atom. The Morgan fingerprint density at radius 1 is 1.10 bits per heavy atom. The van der Waals surface area contributed by atoms with E-state index in [1.165, 1.54) is 24.3 Å². The predicted molar refractivity (Wildman–Crippen MR) is 96.6 cm³/mol. The van der Waals surface area contributed by atoms with Crippen molar-refractivity contribution in [3.63, 3.8) is 0 Å². The molecule has 3 aromatic rings. The summed E-state index contributed by atoms with van der Waals surface area (Å²) in [7, 11) is 0. The molecule has 0 radical (unpaired) electrons. The quantitative estimate of drug-likeness (QED) is 0.528. The molecule has 166 valence electrons. The maximum absolute atomic E-state index is 12.5. The Kier molecular flexibility index (Phi) is 6.00. The van der Waals surface area contributed by atoms with Gasteiger partial charge in [0.1, 0.15) is 17.2 Å². The van der Waals surface area contributed by atoms with E-state index < -0.39 is 36.8 Å². The average Bonchev–Trinajstić information content (AvgIpc) is 3.08. The summed E-state index contributed by atoms with van der Waals surface area (Å²) in [6.07, 6.45) is -8.20. The van der Waals surface area contributed by atoms with E-state index >= 15 is 0 Å². The third-order valence-electron chi connectivity index (χ3n) is 4.02. The van der Waals surface area contributed by atoms with E-state index in [-0.39, 0.29) is 11.4 Å². The second-order valence-corrected chi connectivity index (χ2v) is 6.50. The minimum atomic E-state index is -4.83. The molecule has 6 nitrogen and oxygen atoms in total. The van der Waals surface area contributed by atoms with Gasteiger partial charge in [0.15, 0.2) is 6.61 Å². The number of ether oxygens (including phenoxy) is 2. The molecule has 2 aromatic heterocycles. The van der Waals surface area contributed by atoms with Gasteiger partial charge in [0.2, 0.25) is 0 Å². The Hall–Kier alpha value is -3.44. The molecule has 3 rings (SSSR count). The van der Waals surface area contributed by atoms with Crippen LogP contribution in [0.3, 0.4) is 0 Å². The molecule has 2 heterocycles. The first-order valence-corrected chi connectivity index (χ1v) is 8.74. The van der Waals surface area contributed by atoms with Gasteiger partial charge in [-0.25, -0.2) is 0 Å². The molecule has 0 bridgehead atoms. The molecule has 0 aliphatic carbocycles. The summed E-state index contributed by atoms with van der Waals surface area (Å²) in [4.78, 5) is 19.2. The molecular weight excluding hydrogens is 432 g/mol. The van der Waals surface area contributed by atoms with Gasteiger partial charge in [-0.05, 0) is 43.3 Å². The normalized spacial score (nSPS) is 13.1. The van der Waals surface area contributed by atoms with E-state index in [4.69, 9.17) is 0 Å². The van der Waals surface area contributed by atoms with Gasteiger partial charge in [0, 0.05) is 10.9 Å². The Morgan fingerprint density at radius 2 is 1.81 bits per heavy atom. The van der Waals surface area contributed by atoms with Crippen LogP contribution in [0, 0.1) is 0 Å². The summed E-state index contributed by atoms with van der Waals surface area (Å²) < 4.78 is 82.0. The van der Waals surface area contributed by atoms with Gasteiger partial charge in [-0.2, -0.15) is 13.2 Å². The van der Waals surface area contributed by atoms with E-state index in [9.17, 15) is 31.1 Å². The molecule has 0 saturated carbocycles. The monoisotopic (exact) mass is 447 g/mol. The van der Waals surface area contributed by atoms with E-state index in [1.54, 1.807) is 6.92 Å². The highest BCUT2D eigenvalue weighted by molar-refractivity contribution is 5.98. The average molecular weight is 447 g/mol. The van der Waals surface area contributed by atoms with E-state index in [0.29, 0.717) is 16.6 Å². The van der Waals surface area contributed by atoms with Gasteiger partial charge >= 0.3 is 12.5 Å². The molecular formula is C19H15F6N3O3. The summed E-state index contributed by atoms with van der Waals surface area (Å²) in [6, 6.07) is 7.05. The number of hydrogen-bond acceptors (Lipinski definition) is 4. The van der Waals surface area contributed by atoms with Crippen LogP contribution >= 0.6 is 0 Å². The number of pyridine rings is 1. The van der Waals surface area contributed by atoms with Crippen molar-refractivity contribution in [2.24, 2.45) is 0 Å². The minimum Gasteiger partial charge on any atom is -0.483 e. The van der Waals surface area contributed by atoms with Crippen LogP contribution in [-0.2, 0) is 0 Å². The third-order valence-corrected chi connectivity index (χ3v) is 4.02. The van der Waals surface area contributed by atoms with Crippen LogP contribution in [0.2, 0.25) is 0 Å². The molecule has 1 amide bonds.